The smallest absolute Gasteiger partial charge is 0.256 e. The maximum absolute atomic E-state index is 12.1. The molecule has 1 atom stereocenters. The Morgan fingerprint density at radius 3 is 2.82 bits per heavy atom. The molecule has 0 spiro atoms. The van der Waals surface area contributed by atoms with Gasteiger partial charge < -0.3 is 14.8 Å². The van der Waals surface area contributed by atoms with Gasteiger partial charge in [0.1, 0.15) is 11.5 Å². The number of ether oxygens (including phenoxy) is 2. The second-order valence-electron chi connectivity index (χ2n) is 7.46. The summed E-state index contributed by atoms with van der Waals surface area (Å²) in [5.74, 6) is 1.49. The number of nitrogens with zero attached hydrogens (tertiary/aromatic N) is 1. The number of anilines is 1. The van der Waals surface area contributed by atoms with Crippen molar-refractivity contribution in [2.75, 3.05) is 25.0 Å². The van der Waals surface area contributed by atoms with Crippen LogP contribution in [0.1, 0.15) is 22.8 Å². The molecule has 1 amide bonds. The van der Waals surface area contributed by atoms with Gasteiger partial charge in [-0.15, -0.1) is 0 Å². The molecule has 0 aliphatic carbocycles. The van der Waals surface area contributed by atoms with Crippen LogP contribution in [0, 0.1) is 0 Å². The van der Waals surface area contributed by atoms with Gasteiger partial charge in [0.2, 0.25) is 0 Å². The lowest BCUT2D eigenvalue weighted by molar-refractivity contribution is -0.0212. The number of amides is 1. The van der Waals surface area contributed by atoms with Gasteiger partial charge in [-0.05, 0) is 42.8 Å². The predicted octanol–water partition coefficient (Wildman–Crippen LogP) is 4.42. The van der Waals surface area contributed by atoms with Crippen molar-refractivity contribution in [3.8, 4) is 11.5 Å². The molecule has 0 aromatic heterocycles. The highest BCUT2D eigenvalue weighted by Gasteiger charge is 2.23. The number of hydrogen-bond acceptors (Lipinski definition) is 4. The van der Waals surface area contributed by atoms with E-state index >= 15 is 0 Å². The molecule has 2 aliphatic heterocycles. The van der Waals surface area contributed by atoms with Gasteiger partial charge in [0.25, 0.3) is 5.91 Å². The zero-order valence-electron chi connectivity index (χ0n) is 15.8. The molecule has 5 rings (SSSR count). The second kappa shape index (κ2) is 6.93. The summed E-state index contributed by atoms with van der Waals surface area (Å²) in [5, 5.41) is 4.78. The van der Waals surface area contributed by atoms with Crippen LogP contribution in [0.4, 0.5) is 5.69 Å². The van der Waals surface area contributed by atoms with E-state index in [1.807, 2.05) is 42.5 Å². The summed E-state index contributed by atoms with van der Waals surface area (Å²) in [5.41, 5.74) is 2.81. The first kappa shape index (κ1) is 17.2. The summed E-state index contributed by atoms with van der Waals surface area (Å²) in [4.78, 5) is 14.5. The van der Waals surface area contributed by atoms with Gasteiger partial charge in [-0.1, -0.05) is 24.3 Å². The minimum absolute atomic E-state index is 0.0560. The van der Waals surface area contributed by atoms with E-state index in [4.69, 9.17) is 9.47 Å². The van der Waals surface area contributed by atoms with E-state index in [9.17, 15) is 4.79 Å². The number of hydrogen-bond donors (Lipinski definition) is 1. The average Bonchev–Trinajstić information content (AvgIpc) is 3.03. The highest BCUT2D eigenvalue weighted by Crippen LogP contribution is 2.39. The highest BCUT2D eigenvalue weighted by molar-refractivity contribution is 6.24. The summed E-state index contributed by atoms with van der Waals surface area (Å²) in [6.07, 6.45) is 0.293. The van der Waals surface area contributed by atoms with Gasteiger partial charge in [-0.3, -0.25) is 9.69 Å². The Morgan fingerprint density at radius 1 is 1.14 bits per heavy atom. The van der Waals surface area contributed by atoms with Crippen molar-refractivity contribution >= 4 is 22.4 Å². The maximum Gasteiger partial charge on any atom is 0.256 e. The average molecular weight is 374 g/mol. The normalized spacial score (nSPS) is 19.0. The molecule has 3 aromatic rings. The Morgan fingerprint density at radius 2 is 2.00 bits per heavy atom. The summed E-state index contributed by atoms with van der Waals surface area (Å²) in [6.45, 7) is 5.76. The topological polar surface area (TPSA) is 50.8 Å². The van der Waals surface area contributed by atoms with E-state index in [1.54, 1.807) is 0 Å². The lowest BCUT2D eigenvalue weighted by Crippen LogP contribution is -2.40. The molecule has 3 aromatic carbocycles. The standard InChI is InChI=1S/C23H22N2O3/c1-15-13-25(11-12-27-15)14-16-5-7-17(8-6-16)28-21-10-9-20-22-18(21)3-2-4-19(22)23(26)24-20/h2-10,15H,11-14H2,1H3,(H,24,26)/t15-/m0/s1. The summed E-state index contributed by atoms with van der Waals surface area (Å²) in [6, 6.07) is 17.8. The third-order valence-corrected chi connectivity index (χ3v) is 5.38. The van der Waals surface area contributed by atoms with Crippen LogP contribution < -0.4 is 10.1 Å². The van der Waals surface area contributed by atoms with Crippen LogP contribution in [0.15, 0.2) is 54.6 Å². The third-order valence-electron chi connectivity index (χ3n) is 5.38. The van der Waals surface area contributed by atoms with E-state index in [-0.39, 0.29) is 5.91 Å². The molecular formula is C23H22N2O3. The fourth-order valence-electron chi connectivity index (χ4n) is 4.03. The number of carbonyl (C=O) groups is 1. The quantitative estimate of drug-likeness (QED) is 0.735. The van der Waals surface area contributed by atoms with Crippen molar-refractivity contribution in [2.45, 2.75) is 19.6 Å². The summed E-state index contributed by atoms with van der Waals surface area (Å²) >= 11 is 0. The van der Waals surface area contributed by atoms with Crippen molar-refractivity contribution in [1.82, 2.24) is 4.90 Å². The van der Waals surface area contributed by atoms with Gasteiger partial charge in [-0.25, -0.2) is 0 Å². The van der Waals surface area contributed by atoms with Gasteiger partial charge >= 0.3 is 0 Å². The van der Waals surface area contributed by atoms with Crippen LogP contribution >= 0.6 is 0 Å². The molecule has 5 nitrogen and oxygen atoms in total. The number of nitrogens with one attached hydrogen (secondary N) is 1. The Bertz CT molecular complexity index is 1050. The summed E-state index contributed by atoms with van der Waals surface area (Å²) in [7, 11) is 0. The van der Waals surface area contributed by atoms with E-state index in [2.05, 4.69) is 29.3 Å². The molecule has 1 N–H and O–H groups in total. The zero-order chi connectivity index (χ0) is 19.1. The Kier molecular flexibility index (Phi) is 4.26. The van der Waals surface area contributed by atoms with Crippen LogP contribution in [0.5, 0.6) is 11.5 Å². The zero-order valence-corrected chi connectivity index (χ0v) is 15.8. The van der Waals surface area contributed by atoms with Crippen LogP contribution in [-0.2, 0) is 11.3 Å². The minimum atomic E-state index is -0.0560. The molecule has 1 saturated heterocycles. The van der Waals surface area contributed by atoms with Crippen molar-refractivity contribution in [3.63, 3.8) is 0 Å². The SMILES string of the molecule is C[C@H]1CN(Cc2ccc(Oc3ccc4c5c(cccc35)C(=O)N4)cc2)CCO1. The predicted molar refractivity (Wildman–Crippen MR) is 109 cm³/mol. The Balaban J connectivity index is 1.36. The van der Waals surface area contributed by atoms with Gasteiger partial charge in [0.15, 0.2) is 0 Å². The summed E-state index contributed by atoms with van der Waals surface area (Å²) < 4.78 is 11.8. The fraction of sp³-hybridized carbons (Fsp3) is 0.261. The molecule has 0 bridgehead atoms. The van der Waals surface area contributed by atoms with Crippen LogP contribution in [-0.4, -0.2) is 36.6 Å². The van der Waals surface area contributed by atoms with Crippen LogP contribution in [0.2, 0.25) is 0 Å². The largest absolute Gasteiger partial charge is 0.457 e. The first-order chi connectivity index (χ1) is 13.7. The molecule has 0 saturated carbocycles. The molecule has 2 aliphatic rings. The van der Waals surface area contributed by atoms with Crippen molar-refractivity contribution in [2.24, 2.45) is 0 Å². The lowest BCUT2D eigenvalue weighted by atomic mass is 10.0. The second-order valence-corrected chi connectivity index (χ2v) is 7.46. The van der Waals surface area contributed by atoms with Gasteiger partial charge in [0.05, 0.1) is 12.7 Å². The minimum Gasteiger partial charge on any atom is -0.457 e. The number of rotatable bonds is 4. The third kappa shape index (κ3) is 3.13. The van der Waals surface area contributed by atoms with Crippen molar-refractivity contribution in [1.29, 1.82) is 0 Å². The number of morpholine rings is 1. The molecule has 2 heterocycles. The first-order valence-corrected chi connectivity index (χ1v) is 9.65. The van der Waals surface area contributed by atoms with Crippen molar-refractivity contribution < 1.29 is 14.3 Å². The molecule has 0 unspecified atom stereocenters. The number of carbonyl (C=O) groups excluding carboxylic acids is 1. The molecule has 28 heavy (non-hydrogen) atoms. The lowest BCUT2D eigenvalue weighted by Gasteiger charge is -2.31. The molecule has 0 radical (unpaired) electrons. The molecule has 142 valence electrons. The molecule has 1 fully saturated rings. The van der Waals surface area contributed by atoms with Gasteiger partial charge in [-0.2, -0.15) is 0 Å². The fourth-order valence-corrected chi connectivity index (χ4v) is 4.03. The maximum atomic E-state index is 12.1. The van der Waals surface area contributed by atoms with E-state index < -0.39 is 0 Å². The van der Waals surface area contributed by atoms with E-state index in [0.29, 0.717) is 11.7 Å². The number of benzene rings is 3. The van der Waals surface area contributed by atoms with E-state index in [1.165, 1.54) is 5.56 Å². The Hall–Kier alpha value is -2.89. The van der Waals surface area contributed by atoms with Crippen LogP contribution in [0.25, 0.3) is 10.8 Å². The first-order valence-electron chi connectivity index (χ1n) is 9.65. The van der Waals surface area contributed by atoms with E-state index in [0.717, 1.165) is 54.2 Å². The van der Waals surface area contributed by atoms with Crippen molar-refractivity contribution in [3.05, 3.63) is 65.7 Å². The highest BCUT2D eigenvalue weighted by atomic mass is 16.5. The van der Waals surface area contributed by atoms with Crippen LogP contribution in [0.3, 0.4) is 0 Å². The van der Waals surface area contributed by atoms with Gasteiger partial charge in [0, 0.05) is 41.7 Å². The monoisotopic (exact) mass is 374 g/mol. The Labute approximate surface area is 163 Å². The molecular weight excluding hydrogens is 352 g/mol. The molecule has 5 heteroatoms.